The molecule has 3 N–H and O–H groups in total. The van der Waals surface area contributed by atoms with Crippen LogP contribution in [0.3, 0.4) is 0 Å². The quantitative estimate of drug-likeness (QED) is 0.531. The van der Waals surface area contributed by atoms with Gasteiger partial charge in [0.2, 0.25) is 5.95 Å². The Bertz CT molecular complexity index is 1080. The summed E-state index contributed by atoms with van der Waals surface area (Å²) in [6, 6.07) is 16.3. The van der Waals surface area contributed by atoms with E-state index in [2.05, 4.69) is 20.3 Å². The molecule has 23 heavy (non-hydrogen) atoms. The van der Waals surface area contributed by atoms with Crippen LogP contribution in [0.4, 0.5) is 5.95 Å². The zero-order valence-electron chi connectivity index (χ0n) is 12.0. The molecular weight excluding hydrogens is 292 g/mol. The Kier molecular flexibility index (Phi) is 2.94. The number of aromatic nitrogens is 3. The fraction of sp³-hybridized carbons (Fsp3) is 0. The molecule has 0 fully saturated rings. The molecule has 0 unspecified atom stereocenters. The number of nitrogens with one attached hydrogen (secondary N) is 3. The van der Waals surface area contributed by atoms with Crippen molar-refractivity contribution in [2.75, 3.05) is 5.32 Å². The molecule has 6 heteroatoms. The molecule has 0 saturated carbocycles. The maximum atomic E-state index is 12.2. The number of fused-ring (bicyclic) bond motifs is 3. The highest BCUT2D eigenvalue weighted by Crippen LogP contribution is 2.21. The molecular formula is C17H12N4O2. The molecule has 0 atom stereocenters. The number of amides is 1. The van der Waals surface area contributed by atoms with Gasteiger partial charge in [0, 0.05) is 16.5 Å². The van der Waals surface area contributed by atoms with E-state index in [1.54, 1.807) is 24.3 Å². The second kappa shape index (κ2) is 5.10. The van der Waals surface area contributed by atoms with Gasteiger partial charge in [0.05, 0.1) is 0 Å². The standard InChI is InChI=1S/C17H12N4O2/c22-15(10-6-2-1-3-7-10)20-17-19-13-11-8-4-5-9-12(11)18-14(13)16(23)21-17/h1-9,18H,(H2,19,20,21,22,23). The van der Waals surface area contributed by atoms with Crippen LogP contribution in [0.15, 0.2) is 59.4 Å². The van der Waals surface area contributed by atoms with E-state index in [1.165, 1.54) is 0 Å². The molecule has 6 nitrogen and oxygen atoms in total. The summed E-state index contributed by atoms with van der Waals surface area (Å²) in [4.78, 5) is 34.4. The van der Waals surface area contributed by atoms with Crippen molar-refractivity contribution in [2.45, 2.75) is 0 Å². The van der Waals surface area contributed by atoms with Crippen LogP contribution in [-0.4, -0.2) is 20.9 Å². The first-order valence-electron chi connectivity index (χ1n) is 7.09. The van der Waals surface area contributed by atoms with Gasteiger partial charge < -0.3 is 4.98 Å². The minimum atomic E-state index is -0.326. The first kappa shape index (κ1) is 13.3. The molecule has 2 aromatic carbocycles. The van der Waals surface area contributed by atoms with Crippen LogP contribution in [0.25, 0.3) is 21.9 Å². The number of rotatable bonds is 2. The molecule has 0 bridgehead atoms. The van der Waals surface area contributed by atoms with E-state index in [9.17, 15) is 9.59 Å². The lowest BCUT2D eigenvalue weighted by Gasteiger charge is -2.04. The van der Waals surface area contributed by atoms with Crippen LogP contribution in [0, 0.1) is 0 Å². The summed E-state index contributed by atoms with van der Waals surface area (Å²) in [5, 5.41) is 3.46. The second-order valence-corrected chi connectivity index (χ2v) is 5.13. The van der Waals surface area contributed by atoms with E-state index in [1.807, 2.05) is 30.3 Å². The summed E-state index contributed by atoms with van der Waals surface area (Å²) in [6.07, 6.45) is 0. The first-order chi connectivity index (χ1) is 11.2. The summed E-state index contributed by atoms with van der Waals surface area (Å²) in [5.74, 6) is -0.200. The van der Waals surface area contributed by atoms with Crippen molar-refractivity contribution >= 4 is 33.8 Å². The fourth-order valence-corrected chi connectivity index (χ4v) is 2.55. The number of benzene rings is 2. The molecule has 0 aliphatic carbocycles. The second-order valence-electron chi connectivity index (χ2n) is 5.13. The van der Waals surface area contributed by atoms with E-state index < -0.39 is 0 Å². The van der Waals surface area contributed by atoms with Crippen molar-refractivity contribution in [1.29, 1.82) is 0 Å². The zero-order chi connectivity index (χ0) is 15.8. The van der Waals surface area contributed by atoms with Crippen molar-refractivity contribution in [2.24, 2.45) is 0 Å². The number of nitrogens with zero attached hydrogens (tertiary/aromatic N) is 1. The van der Waals surface area contributed by atoms with Crippen LogP contribution in [0.2, 0.25) is 0 Å². The topological polar surface area (TPSA) is 90.6 Å². The van der Waals surface area contributed by atoms with Gasteiger partial charge in [-0.05, 0) is 18.2 Å². The Morgan fingerprint density at radius 3 is 2.52 bits per heavy atom. The maximum Gasteiger partial charge on any atom is 0.276 e. The van der Waals surface area contributed by atoms with Gasteiger partial charge in [-0.2, -0.15) is 0 Å². The summed E-state index contributed by atoms with van der Waals surface area (Å²) in [6.45, 7) is 0. The van der Waals surface area contributed by atoms with Crippen molar-refractivity contribution in [3.8, 4) is 0 Å². The number of hydrogen-bond donors (Lipinski definition) is 3. The lowest BCUT2D eigenvalue weighted by atomic mass is 10.2. The Morgan fingerprint density at radius 2 is 1.70 bits per heavy atom. The number of para-hydroxylation sites is 1. The van der Waals surface area contributed by atoms with E-state index in [4.69, 9.17) is 0 Å². The van der Waals surface area contributed by atoms with Gasteiger partial charge in [0.25, 0.3) is 11.5 Å². The molecule has 2 aromatic heterocycles. The molecule has 2 heterocycles. The third kappa shape index (κ3) is 2.26. The SMILES string of the molecule is O=C(Nc1nc2c([nH]c3ccccc32)c(=O)[nH]1)c1ccccc1. The predicted octanol–water partition coefficient (Wildman–Crippen LogP) is 2.66. The normalized spacial score (nSPS) is 11.0. The van der Waals surface area contributed by atoms with Crippen molar-refractivity contribution in [3.63, 3.8) is 0 Å². The van der Waals surface area contributed by atoms with E-state index in [0.29, 0.717) is 16.6 Å². The van der Waals surface area contributed by atoms with E-state index in [-0.39, 0.29) is 17.4 Å². The van der Waals surface area contributed by atoms with Crippen LogP contribution < -0.4 is 10.9 Å². The highest BCUT2D eigenvalue weighted by molar-refractivity contribution is 6.06. The summed E-state index contributed by atoms with van der Waals surface area (Å²) >= 11 is 0. The number of anilines is 1. The monoisotopic (exact) mass is 304 g/mol. The molecule has 0 aliphatic heterocycles. The molecule has 112 valence electrons. The van der Waals surface area contributed by atoms with Gasteiger partial charge in [-0.1, -0.05) is 36.4 Å². The average molecular weight is 304 g/mol. The van der Waals surface area contributed by atoms with Crippen molar-refractivity contribution in [1.82, 2.24) is 15.0 Å². The number of H-pyrrole nitrogens is 2. The van der Waals surface area contributed by atoms with Gasteiger partial charge in [-0.25, -0.2) is 4.98 Å². The smallest absolute Gasteiger partial charge is 0.276 e. The highest BCUT2D eigenvalue weighted by Gasteiger charge is 2.12. The van der Waals surface area contributed by atoms with Gasteiger partial charge in [0.15, 0.2) is 0 Å². The molecule has 4 aromatic rings. The summed E-state index contributed by atoms with van der Waals surface area (Å²) < 4.78 is 0. The van der Waals surface area contributed by atoms with Crippen molar-refractivity contribution < 1.29 is 4.79 Å². The molecule has 0 aliphatic rings. The zero-order valence-corrected chi connectivity index (χ0v) is 12.0. The Hall–Kier alpha value is -3.41. The Morgan fingerprint density at radius 1 is 0.957 bits per heavy atom. The minimum Gasteiger partial charge on any atom is -0.349 e. The first-order valence-corrected chi connectivity index (χ1v) is 7.09. The average Bonchev–Trinajstić information content (AvgIpc) is 2.95. The van der Waals surface area contributed by atoms with Crippen LogP contribution >= 0.6 is 0 Å². The van der Waals surface area contributed by atoms with Crippen LogP contribution in [-0.2, 0) is 0 Å². The van der Waals surface area contributed by atoms with E-state index in [0.717, 1.165) is 10.9 Å². The summed E-state index contributed by atoms with van der Waals surface area (Å²) in [7, 11) is 0. The number of carbonyl (C=O) groups is 1. The molecule has 0 radical (unpaired) electrons. The maximum absolute atomic E-state index is 12.2. The Labute approximate surface area is 130 Å². The van der Waals surface area contributed by atoms with Crippen molar-refractivity contribution in [3.05, 3.63) is 70.5 Å². The number of aromatic amines is 2. The molecule has 0 spiro atoms. The third-order valence-electron chi connectivity index (χ3n) is 3.63. The summed E-state index contributed by atoms with van der Waals surface area (Å²) in [5.41, 5.74) is 1.92. The van der Waals surface area contributed by atoms with Crippen LogP contribution in [0.1, 0.15) is 10.4 Å². The number of carbonyl (C=O) groups excluding carboxylic acids is 1. The lowest BCUT2D eigenvalue weighted by Crippen LogP contribution is -2.18. The molecule has 4 rings (SSSR count). The lowest BCUT2D eigenvalue weighted by molar-refractivity contribution is 0.102. The van der Waals surface area contributed by atoms with Gasteiger partial charge in [-0.3, -0.25) is 19.9 Å². The Balaban J connectivity index is 1.80. The molecule has 0 saturated heterocycles. The largest absolute Gasteiger partial charge is 0.349 e. The van der Waals surface area contributed by atoms with Crippen LogP contribution in [0.5, 0.6) is 0 Å². The predicted molar refractivity (Wildman–Crippen MR) is 88.6 cm³/mol. The number of hydrogen-bond acceptors (Lipinski definition) is 3. The van der Waals surface area contributed by atoms with Gasteiger partial charge in [-0.15, -0.1) is 0 Å². The van der Waals surface area contributed by atoms with Gasteiger partial charge >= 0.3 is 0 Å². The highest BCUT2D eigenvalue weighted by atomic mass is 16.2. The molecule has 1 amide bonds. The van der Waals surface area contributed by atoms with Gasteiger partial charge in [0.1, 0.15) is 11.0 Å². The van der Waals surface area contributed by atoms with E-state index >= 15 is 0 Å². The minimum absolute atomic E-state index is 0.126. The fourth-order valence-electron chi connectivity index (χ4n) is 2.55. The third-order valence-corrected chi connectivity index (χ3v) is 3.63.